The average molecular weight is 239 g/mol. The van der Waals surface area contributed by atoms with Gasteiger partial charge in [-0.15, -0.1) is 0 Å². The lowest BCUT2D eigenvalue weighted by molar-refractivity contribution is 0.0771. The molecule has 0 unspecified atom stereocenters. The van der Waals surface area contributed by atoms with Gasteiger partial charge in [0.2, 0.25) is 0 Å². The van der Waals surface area contributed by atoms with E-state index in [-0.39, 0.29) is 5.56 Å². The molecule has 1 aromatic rings. The highest BCUT2D eigenvalue weighted by Crippen LogP contribution is 1.88. The first-order chi connectivity index (χ1) is 8.20. The minimum absolute atomic E-state index is 0.0579. The molecular weight excluding hydrogens is 218 g/mol. The topological polar surface area (TPSA) is 56.1 Å². The SMILES string of the molecule is CC(C)OCCCNCCn1ncccc1=O. The molecule has 96 valence electrons. The van der Waals surface area contributed by atoms with Crippen LogP contribution in [-0.4, -0.2) is 35.6 Å². The van der Waals surface area contributed by atoms with E-state index < -0.39 is 0 Å². The molecule has 0 radical (unpaired) electrons. The standard InChI is InChI=1S/C12H21N3O2/c1-11(2)17-10-4-6-13-8-9-15-12(16)5-3-7-14-15/h3,5,7,11,13H,4,6,8-10H2,1-2H3. The van der Waals surface area contributed by atoms with Gasteiger partial charge in [0.05, 0.1) is 12.6 Å². The zero-order valence-corrected chi connectivity index (χ0v) is 10.6. The summed E-state index contributed by atoms with van der Waals surface area (Å²) in [5.41, 5.74) is -0.0579. The van der Waals surface area contributed by atoms with E-state index in [9.17, 15) is 4.79 Å². The van der Waals surface area contributed by atoms with Crippen molar-refractivity contribution in [3.8, 4) is 0 Å². The molecule has 0 atom stereocenters. The van der Waals surface area contributed by atoms with Gasteiger partial charge in [0, 0.05) is 25.4 Å². The molecule has 0 aromatic carbocycles. The Hall–Kier alpha value is -1.20. The van der Waals surface area contributed by atoms with Crippen molar-refractivity contribution >= 4 is 0 Å². The minimum Gasteiger partial charge on any atom is -0.379 e. The van der Waals surface area contributed by atoms with E-state index >= 15 is 0 Å². The fourth-order valence-corrected chi connectivity index (χ4v) is 1.38. The summed E-state index contributed by atoms with van der Waals surface area (Å²) in [4.78, 5) is 11.3. The van der Waals surface area contributed by atoms with E-state index in [1.807, 2.05) is 13.8 Å². The molecule has 1 rings (SSSR count). The van der Waals surface area contributed by atoms with Crippen LogP contribution >= 0.6 is 0 Å². The largest absolute Gasteiger partial charge is 0.379 e. The molecule has 0 amide bonds. The predicted molar refractivity (Wildman–Crippen MR) is 67.1 cm³/mol. The van der Waals surface area contributed by atoms with Crippen molar-refractivity contribution in [1.82, 2.24) is 15.1 Å². The van der Waals surface area contributed by atoms with E-state index in [0.29, 0.717) is 12.6 Å². The van der Waals surface area contributed by atoms with Gasteiger partial charge in [0.15, 0.2) is 0 Å². The zero-order valence-electron chi connectivity index (χ0n) is 10.6. The van der Waals surface area contributed by atoms with Gasteiger partial charge < -0.3 is 10.1 Å². The number of nitrogens with one attached hydrogen (secondary N) is 1. The maximum absolute atomic E-state index is 11.3. The number of hydrogen-bond donors (Lipinski definition) is 1. The minimum atomic E-state index is -0.0579. The molecule has 5 heteroatoms. The maximum atomic E-state index is 11.3. The molecule has 0 bridgehead atoms. The fourth-order valence-electron chi connectivity index (χ4n) is 1.38. The van der Waals surface area contributed by atoms with Crippen LogP contribution in [0.1, 0.15) is 20.3 Å². The molecule has 0 fully saturated rings. The quantitative estimate of drug-likeness (QED) is 0.677. The van der Waals surface area contributed by atoms with Crippen LogP contribution in [0.25, 0.3) is 0 Å². The van der Waals surface area contributed by atoms with Crippen molar-refractivity contribution in [2.24, 2.45) is 0 Å². The lowest BCUT2D eigenvalue weighted by atomic mass is 10.4. The molecule has 5 nitrogen and oxygen atoms in total. The second kappa shape index (κ2) is 7.97. The van der Waals surface area contributed by atoms with Crippen molar-refractivity contribution in [2.45, 2.75) is 32.9 Å². The first-order valence-corrected chi connectivity index (χ1v) is 6.04. The van der Waals surface area contributed by atoms with Crippen LogP contribution in [-0.2, 0) is 11.3 Å². The lowest BCUT2D eigenvalue weighted by Crippen LogP contribution is -2.28. The summed E-state index contributed by atoms with van der Waals surface area (Å²) in [6, 6.07) is 3.17. The van der Waals surface area contributed by atoms with Crippen LogP contribution in [0.2, 0.25) is 0 Å². The van der Waals surface area contributed by atoms with Gasteiger partial charge in [-0.3, -0.25) is 4.79 Å². The normalized spacial score (nSPS) is 11.0. The second-order valence-corrected chi connectivity index (χ2v) is 4.11. The smallest absolute Gasteiger partial charge is 0.266 e. The number of ether oxygens (including phenoxy) is 1. The third kappa shape index (κ3) is 6.19. The summed E-state index contributed by atoms with van der Waals surface area (Å²) in [5.74, 6) is 0. The molecule has 0 aliphatic rings. The van der Waals surface area contributed by atoms with Crippen molar-refractivity contribution in [3.63, 3.8) is 0 Å². The van der Waals surface area contributed by atoms with Gasteiger partial charge >= 0.3 is 0 Å². The van der Waals surface area contributed by atoms with E-state index in [0.717, 1.165) is 26.1 Å². The van der Waals surface area contributed by atoms with Crippen molar-refractivity contribution in [1.29, 1.82) is 0 Å². The highest BCUT2D eigenvalue weighted by Gasteiger charge is 1.95. The summed E-state index contributed by atoms with van der Waals surface area (Å²) >= 11 is 0. The van der Waals surface area contributed by atoms with Crippen LogP contribution in [0.4, 0.5) is 0 Å². The monoisotopic (exact) mass is 239 g/mol. The Bertz CT molecular complexity index is 363. The Kier molecular flexibility index (Phi) is 6.50. The first-order valence-electron chi connectivity index (χ1n) is 6.04. The van der Waals surface area contributed by atoms with Gasteiger partial charge in [-0.1, -0.05) is 0 Å². The number of rotatable bonds is 8. The van der Waals surface area contributed by atoms with Crippen molar-refractivity contribution in [3.05, 3.63) is 28.7 Å². The molecule has 17 heavy (non-hydrogen) atoms. The first kappa shape index (κ1) is 13.9. The van der Waals surface area contributed by atoms with Gasteiger partial charge in [-0.25, -0.2) is 4.68 Å². The Balaban J connectivity index is 2.05. The lowest BCUT2D eigenvalue weighted by Gasteiger charge is -2.08. The third-order valence-electron chi connectivity index (χ3n) is 2.23. The fraction of sp³-hybridized carbons (Fsp3) is 0.667. The second-order valence-electron chi connectivity index (χ2n) is 4.11. The molecule has 0 aliphatic heterocycles. The van der Waals surface area contributed by atoms with Crippen LogP contribution in [0.3, 0.4) is 0 Å². The number of hydrogen-bond acceptors (Lipinski definition) is 4. The molecule has 1 N–H and O–H groups in total. The van der Waals surface area contributed by atoms with Gasteiger partial charge in [-0.05, 0) is 32.9 Å². The molecule has 1 aromatic heterocycles. The Morgan fingerprint density at radius 3 is 3.00 bits per heavy atom. The number of aromatic nitrogens is 2. The Morgan fingerprint density at radius 2 is 2.29 bits per heavy atom. The van der Waals surface area contributed by atoms with E-state index in [1.54, 1.807) is 12.3 Å². The predicted octanol–water partition coefficient (Wildman–Crippen LogP) is 0.648. The molecule has 0 spiro atoms. The Morgan fingerprint density at radius 1 is 1.47 bits per heavy atom. The highest BCUT2D eigenvalue weighted by molar-refractivity contribution is 4.84. The molecule has 0 saturated carbocycles. The third-order valence-corrected chi connectivity index (χ3v) is 2.23. The van der Waals surface area contributed by atoms with Crippen molar-refractivity contribution in [2.75, 3.05) is 19.7 Å². The van der Waals surface area contributed by atoms with Crippen LogP contribution in [0.15, 0.2) is 23.1 Å². The zero-order chi connectivity index (χ0) is 12.5. The van der Waals surface area contributed by atoms with Crippen LogP contribution in [0.5, 0.6) is 0 Å². The van der Waals surface area contributed by atoms with E-state index in [1.165, 1.54) is 10.7 Å². The van der Waals surface area contributed by atoms with Gasteiger partial charge in [0.1, 0.15) is 0 Å². The summed E-state index contributed by atoms with van der Waals surface area (Å²) in [6.07, 6.45) is 2.90. The van der Waals surface area contributed by atoms with E-state index in [2.05, 4.69) is 10.4 Å². The molecule has 0 saturated heterocycles. The molecule has 0 aliphatic carbocycles. The summed E-state index contributed by atoms with van der Waals surface area (Å²) in [7, 11) is 0. The van der Waals surface area contributed by atoms with E-state index in [4.69, 9.17) is 4.74 Å². The van der Waals surface area contributed by atoms with Crippen LogP contribution in [0, 0.1) is 0 Å². The maximum Gasteiger partial charge on any atom is 0.266 e. The van der Waals surface area contributed by atoms with Gasteiger partial charge in [-0.2, -0.15) is 5.10 Å². The highest BCUT2D eigenvalue weighted by atomic mass is 16.5. The number of nitrogens with zero attached hydrogens (tertiary/aromatic N) is 2. The Labute approximate surface area is 102 Å². The summed E-state index contributed by atoms with van der Waals surface area (Å²) in [6.45, 7) is 7.08. The van der Waals surface area contributed by atoms with Crippen LogP contribution < -0.4 is 10.9 Å². The molecular formula is C12H21N3O2. The average Bonchev–Trinajstić information content (AvgIpc) is 2.30. The summed E-state index contributed by atoms with van der Waals surface area (Å²) in [5, 5.41) is 7.23. The van der Waals surface area contributed by atoms with Crippen molar-refractivity contribution < 1.29 is 4.74 Å². The molecule has 1 heterocycles. The van der Waals surface area contributed by atoms with Gasteiger partial charge in [0.25, 0.3) is 5.56 Å². The summed E-state index contributed by atoms with van der Waals surface area (Å²) < 4.78 is 6.87.